The van der Waals surface area contributed by atoms with Gasteiger partial charge in [-0.25, -0.2) is 14.8 Å². The summed E-state index contributed by atoms with van der Waals surface area (Å²) >= 11 is 0. The number of hydrogen-bond acceptors (Lipinski definition) is 6. The molecule has 7 heteroatoms. The van der Waals surface area contributed by atoms with Crippen molar-refractivity contribution in [3.8, 4) is 17.2 Å². The molecule has 3 aromatic rings. The van der Waals surface area contributed by atoms with Gasteiger partial charge in [-0.2, -0.15) is 0 Å². The maximum atomic E-state index is 11.0. The number of ether oxygens (including phenoxy) is 2. The fourth-order valence-electron chi connectivity index (χ4n) is 2.58. The molecule has 1 aromatic carbocycles. The van der Waals surface area contributed by atoms with Gasteiger partial charge in [-0.3, -0.25) is 0 Å². The highest BCUT2D eigenvalue weighted by Crippen LogP contribution is 2.28. The van der Waals surface area contributed by atoms with Crippen molar-refractivity contribution >= 4 is 17.1 Å². The van der Waals surface area contributed by atoms with Gasteiger partial charge in [0.15, 0.2) is 5.58 Å². The van der Waals surface area contributed by atoms with Crippen LogP contribution >= 0.6 is 0 Å². The lowest BCUT2D eigenvalue weighted by atomic mass is 10.2. The van der Waals surface area contributed by atoms with Crippen molar-refractivity contribution in [3.05, 3.63) is 42.2 Å². The van der Waals surface area contributed by atoms with Gasteiger partial charge in [-0.1, -0.05) is 0 Å². The zero-order valence-corrected chi connectivity index (χ0v) is 12.6. The highest BCUT2D eigenvalue weighted by molar-refractivity contribution is 5.87. The molecule has 1 atom stereocenters. The van der Waals surface area contributed by atoms with Crippen molar-refractivity contribution in [1.29, 1.82) is 0 Å². The minimum Gasteiger partial charge on any atom is -0.488 e. The molecule has 0 bridgehead atoms. The van der Waals surface area contributed by atoms with Crippen molar-refractivity contribution in [3.63, 3.8) is 0 Å². The maximum absolute atomic E-state index is 11.0. The van der Waals surface area contributed by atoms with Crippen molar-refractivity contribution in [2.45, 2.75) is 12.5 Å². The monoisotopic (exact) mass is 326 g/mol. The van der Waals surface area contributed by atoms with Crippen LogP contribution < -0.4 is 4.74 Å². The van der Waals surface area contributed by atoms with Crippen LogP contribution in [0, 0.1) is 0 Å². The number of carboxylic acids is 1. The SMILES string of the molecule is O=C(O)c1cc(-c2nc3cc(OC4CCOC4)ccc3o2)ccn1. The van der Waals surface area contributed by atoms with Crippen LogP contribution in [0.2, 0.25) is 0 Å². The van der Waals surface area contributed by atoms with Crippen LogP contribution in [0.1, 0.15) is 16.9 Å². The van der Waals surface area contributed by atoms with Gasteiger partial charge < -0.3 is 19.0 Å². The van der Waals surface area contributed by atoms with Crippen molar-refractivity contribution in [1.82, 2.24) is 9.97 Å². The summed E-state index contributed by atoms with van der Waals surface area (Å²) in [5.74, 6) is -0.0440. The molecule has 0 spiro atoms. The molecular formula is C17H14N2O5. The number of oxazole rings is 1. The Balaban J connectivity index is 1.65. The number of hydrogen-bond donors (Lipinski definition) is 1. The number of carboxylic acid groups (broad SMARTS) is 1. The van der Waals surface area contributed by atoms with Gasteiger partial charge in [-0.05, 0) is 24.3 Å². The molecule has 7 nitrogen and oxygen atoms in total. The van der Waals surface area contributed by atoms with Crippen LogP contribution in [-0.4, -0.2) is 40.4 Å². The van der Waals surface area contributed by atoms with Crippen LogP contribution in [0.3, 0.4) is 0 Å². The van der Waals surface area contributed by atoms with Crippen molar-refractivity contribution in [2.75, 3.05) is 13.2 Å². The highest BCUT2D eigenvalue weighted by atomic mass is 16.5. The number of benzene rings is 1. The number of nitrogens with zero attached hydrogens (tertiary/aromatic N) is 2. The quantitative estimate of drug-likeness (QED) is 0.787. The number of pyridine rings is 1. The Morgan fingerprint density at radius 2 is 2.21 bits per heavy atom. The van der Waals surface area contributed by atoms with Crippen molar-refractivity contribution in [2.24, 2.45) is 0 Å². The van der Waals surface area contributed by atoms with Gasteiger partial charge in [0.2, 0.25) is 5.89 Å². The Bertz CT molecular complexity index is 899. The predicted octanol–water partition coefficient (Wildman–Crippen LogP) is 2.76. The minimum atomic E-state index is -1.09. The molecule has 0 radical (unpaired) electrons. The zero-order chi connectivity index (χ0) is 16.5. The molecule has 1 aliphatic heterocycles. The fraction of sp³-hybridized carbons (Fsp3) is 0.235. The van der Waals surface area contributed by atoms with E-state index in [4.69, 9.17) is 19.0 Å². The van der Waals surface area contributed by atoms with E-state index in [1.54, 1.807) is 18.2 Å². The second kappa shape index (κ2) is 5.93. The molecule has 1 N–H and O–H groups in total. The van der Waals surface area contributed by atoms with Gasteiger partial charge in [0, 0.05) is 24.2 Å². The third kappa shape index (κ3) is 2.81. The van der Waals surface area contributed by atoms with E-state index in [0.29, 0.717) is 34.9 Å². The first-order valence-corrected chi connectivity index (χ1v) is 7.54. The summed E-state index contributed by atoms with van der Waals surface area (Å²) in [6.07, 6.45) is 2.35. The normalized spacial score (nSPS) is 17.2. The third-order valence-electron chi connectivity index (χ3n) is 3.78. The molecule has 3 heterocycles. The molecule has 1 unspecified atom stereocenters. The van der Waals surface area contributed by atoms with E-state index in [2.05, 4.69) is 9.97 Å². The van der Waals surface area contributed by atoms with E-state index >= 15 is 0 Å². The smallest absolute Gasteiger partial charge is 0.354 e. The van der Waals surface area contributed by atoms with Crippen LogP contribution in [-0.2, 0) is 4.74 Å². The van der Waals surface area contributed by atoms with Crippen LogP contribution in [0.5, 0.6) is 5.75 Å². The van der Waals surface area contributed by atoms with Gasteiger partial charge in [0.1, 0.15) is 23.1 Å². The third-order valence-corrected chi connectivity index (χ3v) is 3.78. The summed E-state index contributed by atoms with van der Waals surface area (Å²) in [7, 11) is 0. The lowest BCUT2D eigenvalue weighted by Gasteiger charge is -2.10. The summed E-state index contributed by atoms with van der Waals surface area (Å²) < 4.78 is 16.9. The lowest BCUT2D eigenvalue weighted by Crippen LogP contribution is -2.15. The summed E-state index contributed by atoms with van der Waals surface area (Å²) in [4.78, 5) is 19.2. The molecular weight excluding hydrogens is 312 g/mol. The van der Waals surface area contributed by atoms with Crippen LogP contribution in [0.4, 0.5) is 0 Å². The molecule has 0 saturated carbocycles. The summed E-state index contributed by atoms with van der Waals surface area (Å²) in [5.41, 5.74) is 1.76. The average molecular weight is 326 g/mol. The van der Waals surface area contributed by atoms with E-state index in [1.807, 2.05) is 6.07 Å². The number of rotatable bonds is 4. The van der Waals surface area contributed by atoms with E-state index in [-0.39, 0.29) is 11.8 Å². The van der Waals surface area contributed by atoms with E-state index in [0.717, 1.165) is 13.0 Å². The Morgan fingerprint density at radius 1 is 1.29 bits per heavy atom. The van der Waals surface area contributed by atoms with E-state index < -0.39 is 5.97 Å². The highest BCUT2D eigenvalue weighted by Gasteiger charge is 2.18. The second-order valence-corrected chi connectivity index (χ2v) is 5.49. The Morgan fingerprint density at radius 3 is 3.00 bits per heavy atom. The summed E-state index contributed by atoms with van der Waals surface area (Å²) in [6.45, 7) is 1.31. The summed E-state index contributed by atoms with van der Waals surface area (Å²) in [5, 5.41) is 9.03. The molecule has 1 fully saturated rings. The van der Waals surface area contributed by atoms with Gasteiger partial charge in [-0.15, -0.1) is 0 Å². The topological polar surface area (TPSA) is 94.7 Å². The Labute approximate surface area is 136 Å². The molecule has 122 valence electrons. The van der Waals surface area contributed by atoms with Gasteiger partial charge in [0.25, 0.3) is 0 Å². The van der Waals surface area contributed by atoms with Crippen molar-refractivity contribution < 1.29 is 23.8 Å². The molecule has 24 heavy (non-hydrogen) atoms. The molecule has 1 saturated heterocycles. The Kier molecular flexibility index (Phi) is 3.62. The predicted molar refractivity (Wildman–Crippen MR) is 84.1 cm³/mol. The number of carbonyl (C=O) groups is 1. The molecule has 0 amide bonds. The van der Waals surface area contributed by atoms with Gasteiger partial charge >= 0.3 is 5.97 Å². The van der Waals surface area contributed by atoms with Crippen LogP contribution in [0.15, 0.2) is 40.9 Å². The largest absolute Gasteiger partial charge is 0.488 e. The number of aromatic carboxylic acids is 1. The fourth-order valence-corrected chi connectivity index (χ4v) is 2.58. The molecule has 4 rings (SSSR count). The Hall–Kier alpha value is -2.93. The van der Waals surface area contributed by atoms with E-state index in [9.17, 15) is 4.79 Å². The first-order chi connectivity index (χ1) is 11.7. The number of fused-ring (bicyclic) bond motifs is 1. The molecule has 2 aromatic heterocycles. The van der Waals surface area contributed by atoms with Crippen LogP contribution in [0.25, 0.3) is 22.6 Å². The second-order valence-electron chi connectivity index (χ2n) is 5.49. The first kappa shape index (κ1) is 14.6. The zero-order valence-electron chi connectivity index (χ0n) is 12.6. The lowest BCUT2D eigenvalue weighted by molar-refractivity contribution is 0.0690. The van der Waals surface area contributed by atoms with Gasteiger partial charge in [0.05, 0.1) is 13.2 Å². The summed E-state index contributed by atoms with van der Waals surface area (Å²) in [6, 6.07) is 8.51. The maximum Gasteiger partial charge on any atom is 0.354 e. The standard InChI is InChI=1S/C17H14N2O5/c20-17(21)14-7-10(3-5-18-14)16-19-13-8-11(1-2-15(13)24-16)23-12-4-6-22-9-12/h1-3,5,7-8,12H,4,6,9H2,(H,20,21). The number of aromatic nitrogens is 2. The molecule has 0 aliphatic carbocycles. The first-order valence-electron chi connectivity index (χ1n) is 7.54. The van der Waals surface area contributed by atoms with E-state index in [1.165, 1.54) is 12.3 Å². The minimum absolute atomic E-state index is 0.0555. The molecule has 1 aliphatic rings. The average Bonchev–Trinajstić information content (AvgIpc) is 3.24.